The van der Waals surface area contributed by atoms with E-state index in [0.29, 0.717) is 27.5 Å². The van der Waals surface area contributed by atoms with Crippen molar-refractivity contribution in [2.45, 2.75) is 30.0 Å². The summed E-state index contributed by atoms with van der Waals surface area (Å²) in [5.74, 6) is -1.36. The highest BCUT2D eigenvalue weighted by Crippen LogP contribution is 2.33. The molecule has 0 radical (unpaired) electrons. The zero-order valence-corrected chi connectivity index (χ0v) is 24.1. The number of thiazole rings is 1. The van der Waals surface area contributed by atoms with E-state index < -0.39 is 50.7 Å². The lowest BCUT2D eigenvalue weighted by atomic mass is 10.1. The molecule has 1 saturated heterocycles. The first-order valence-electron chi connectivity index (χ1n) is 12.7. The maximum Gasteiger partial charge on any atom is 0.573 e. The average Bonchev–Trinajstić information content (AvgIpc) is 3.42. The highest BCUT2D eigenvalue weighted by molar-refractivity contribution is 7.89. The van der Waals surface area contributed by atoms with Gasteiger partial charge in [0.1, 0.15) is 17.9 Å². The maximum atomic E-state index is 13.6. The van der Waals surface area contributed by atoms with E-state index in [-0.39, 0.29) is 37.7 Å². The summed E-state index contributed by atoms with van der Waals surface area (Å²) in [6.07, 6.45) is -8.18. The van der Waals surface area contributed by atoms with Gasteiger partial charge in [-0.3, -0.25) is 4.79 Å². The predicted octanol–water partition coefficient (Wildman–Crippen LogP) is 4.07. The van der Waals surface area contributed by atoms with Gasteiger partial charge in [-0.1, -0.05) is 23.5 Å². The van der Waals surface area contributed by atoms with Crippen molar-refractivity contribution in [2.75, 3.05) is 24.5 Å². The zero-order valence-electron chi connectivity index (χ0n) is 22.5. The molecule has 2 aromatic heterocycles. The van der Waals surface area contributed by atoms with Crippen LogP contribution >= 0.6 is 11.3 Å². The number of nitrogens with one attached hydrogen (secondary N) is 1. The first-order valence-corrected chi connectivity index (χ1v) is 15.0. The van der Waals surface area contributed by atoms with Crippen LogP contribution in [0.3, 0.4) is 0 Å². The molecule has 1 amide bonds. The van der Waals surface area contributed by atoms with Crippen LogP contribution in [-0.4, -0.2) is 65.6 Å². The summed E-state index contributed by atoms with van der Waals surface area (Å²) in [5, 5.41) is 12.0. The number of carbonyl (C=O) groups excluding carboxylic acids is 1. The lowest BCUT2D eigenvalue weighted by molar-refractivity contribution is -0.274. The molecule has 236 valence electrons. The van der Waals surface area contributed by atoms with Gasteiger partial charge >= 0.3 is 12.5 Å². The third kappa shape index (κ3) is 7.24. The second kappa shape index (κ2) is 12.1. The SMILES string of the molecule is N#Cc1ncc2sc(N3CCN(S(=O)(=O)c4ccc(C(F)(F)F)cc4)[C@@H](C(=O)NCc4ccc(OC(F)(F)F)cc4)C3)nc2n1. The number of ether oxygens (including phenoxy) is 1. The molecule has 5 rings (SSSR count). The summed E-state index contributed by atoms with van der Waals surface area (Å²) >= 11 is 1.14. The number of carbonyl (C=O) groups is 1. The van der Waals surface area contributed by atoms with Crippen molar-refractivity contribution < 1.29 is 44.3 Å². The van der Waals surface area contributed by atoms with Gasteiger partial charge in [-0.05, 0) is 42.0 Å². The Bertz CT molecular complexity index is 1860. The molecule has 11 nitrogen and oxygen atoms in total. The number of rotatable bonds is 7. The summed E-state index contributed by atoms with van der Waals surface area (Å²) < 4.78 is 109. The molecule has 45 heavy (non-hydrogen) atoms. The molecule has 0 unspecified atom stereocenters. The Kier molecular flexibility index (Phi) is 8.57. The zero-order chi connectivity index (χ0) is 32.6. The number of nitrogens with zero attached hydrogens (tertiary/aromatic N) is 6. The van der Waals surface area contributed by atoms with Crippen LogP contribution in [0.1, 0.15) is 17.0 Å². The second-order valence-corrected chi connectivity index (χ2v) is 12.4. The van der Waals surface area contributed by atoms with Gasteiger partial charge in [0, 0.05) is 26.2 Å². The van der Waals surface area contributed by atoms with Crippen LogP contribution in [0.2, 0.25) is 0 Å². The minimum Gasteiger partial charge on any atom is -0.406 e. The molecule has 4 aromatic rings. The number of hydrogen-bond donors (Lipinski definition) is 1. The van der Waals surface area contributed by atoms with Crippen LogP contribution in [-0.2, 0) is 27.5 Å². The van der Waals surface area contributed by atoms with Gasteiger partial charge in [0.05, 0.1) is 21.4 Å². The Hall–Kier alpha value is -4.54. The van der Waals surface area contributed by atoms with E-state index in [1.807, 2.05) is 0 Å². The van der Waals surface area contributed by atoms with Crippen molar-refractivity contribution in [3.8, 4) is 11.8 Å². The molecule has 0 bridgehead atoms. The van der Waals surface area contributed by atoms with Crippen LogP contribution in [0.15, 0.2) is 59.6 Å². The van der Waals surface area contributed by atoms with Crippen molar-refractivity contribution in [2.24, 2.45) is 0 Å². The minimum absolute atomic E-state index is 0.0443. The molecule has 0 saturated carbocycles. The Morgan fingerprint density at radius 3 is 2.36 bits per heavy atom. The van der Waals surface area contributed by atoms with Gasteiger partial charge in [-0.15, -0.1) is 13.2 Å². The number of benzene rings is 2. The number of hydrogen-bond acceptors (Lipinski definition) is 10. The fourth-order valence-electron chi connectivity index (χ4n) is 4.42. The van der Waals surface area contributed by atoms with Crippen LogP contribution in [0, 0.1) is 11.3 Å². The molecule has 19 heteroatoms. The van der Waals surface area contributed by atoms with Crippen molar-refractivity contribution in [3.05, 3.63) is 71.7 Å². The number of aromatic nitrogens is 3. The monoisotopic (exact) mass is 671 g/mol. The topological polar surface area (TPSA) is 141 Å². The van der Waals surface area contributed by atoms with Gasteiger partial charge in [-0.25, -0.2) is 13.4 Å². The highest BCUT2D eigenvalue weighted by atomic mass is 32.2. The molecule has 2 aromatic carbocycles. The van der Waals surface area contributed by atoms with Crippen molar-refractivity contribution in [1.29, 1.82) is 5.26 Å². The average molecular weight is 672 g/mol. The molecule has 1 aliphatic heterocycles. The molecule has 3 heterocycles. The Morgan fingerprint density at radius 1 is 1.04 bits per heavy atom. The first-order chi connectivity index (χ1) is 21.1. The third-order valence-corrected chi connectivity index (χ3v) is 9.52. The van der Waals surface area contributed by atoms with Gasteiger partial charge in [0.15, 0.2) is 10.8 Å². The number of amides is 1. The van der Waals surface area contributed by atoms with Crippen LogP contribution in [0.4, 0.5) is 31.5 Å². The quantitative estimate of drug-likeness (QED) is 0.288. The Labute approximate surface area is 254 Å². The lowest BCUT2D eigenvalue weighted by Gasteiger charge is -2.39. The Balaban J connectivity index is 1.40. The Morgan fingerprint density at radius 2 is 1.73 bits per heavy atom. The molecule has 1 aliphatic rings. The molecule has 1 N–H and O–H groups in total. The predicted molar refractivity (Wildman–Crippen MR) is 146 cm³/mol. The largest absolute Gasteiger partial charge is 0.573 e. The number of halogens is 6. The normalized spacial score (nSPS) is 16.4. The van der Waals surface area contributed by atoms with Crippen molar-refractivity contribution >= 4 is 42.7 Å². The summed E-state index contributed by atoms with van der Waals surface area (Å²) in [6.45, 7) is -0.621. The van der Waals surface area contributed by atoms with Crippen LogP contribution in [0.25, 0.3) is 10.3 Å². The molecule has 0 spiro atoms. The van der Waals surface area contributed by atoms with E-state index in [1.165, 1.54) is 18.3 Å². The minimum atomic E-state index is -4.89. The fourth-order valence-corrected chi connectivity index (χ4v) is 6.91. The number of nitriles is 1. The first kappa shape index (κ1) is 31.9. The van der Waals surface area contributed by atoms with Gasteiger partial charge in [0.25, 0.3) is 0 Å². The van der Waals surface area contributed by atoms with Crippen LogP contribution in [0.5, 0.6) is 5.75 Å². The van der Waals surface area contributed by atoms with Gasteiger partial charge < -0.3 is 15.0 Å². The summed E-state index contributed by atoms with van der Waals surface area (Å²) in [4.78, 5) is 27.0. The van der Waals surface area contributed by atoms with E-state index in [4.69, 9.17) is 5.26 Å². The van der Waals surface area contributed by atoms with Gasteiger partial charge in [-0.2, -0.15) is 32.7 Å². The summed E-state index contributed by atoms with van der Waals surface area (Å²) in [7, 11) is -4.48. The lowest BCUT2D eigenvalue weighted by Crippen LogP contribution is -2.60. The molecular weight excluding hydrogens is 652 g/mol. The number of anilines is 1. The van der Waals surface area contributed by atoms with Crippen molar-refractivity contribution in [1.82, 2.24) is 24.6 Å². The fraction of sp³-hybridized carbons (Fsp3) is 0.269. The van der Waals surface area contributed by atoms with E-state index >= 15 is 0 Å². The third-order valence-electron chi connectivity index (χ3n) is 6.56. The van der Waals surface area contributed by atoms with E-state index in [9.17, 15) is 39.6 Å². The smallest absolute Gasteiger partial charge is 0.406 e. The standard InChI is InChI=1S/C26H19F6N7O4S2/c27-25(28,29)16-3-7-18(8-4-16)45(41,42)39-10-9-38(24-37-22-20(44-24)13-34-21(11-33)36-22)14-19(39)23(40)35-12-15-1-5-17(6-2-15)43-26(30,31)32/h1-8,13,19H,9-10,12,14H2,(H,35,40)/t19-/m1/s1. The number of fused-ring (bicyclic) bond motifs is 1. The summed E-state index contributed by atoms with van der Waals surface area (Å²) in [6, 6.07) is 7.94. The molecule has 1 atom stereocenters. The van der Waals surface area contributed by atoms with Crippen molar-refractivity contribution in [3.63, 3.8) is 0 Å². The second-order valence-electron chi connectivity index (χ2n) is 9.50. The molecular formula is C26H19F6N7O4S2. The van der Waals surface area contributed by atoms with Gasteiger partial charge in [0.2, 0.25) is 21.8 Å². The maximum absolute atomic E-state index is 13.6. The number of piperazine rings is 1. The molecule has 1 fully saturated rings. The van der Waals surface area contributed by atoms with E-state index in [1.54, 1.807) is 11.0 Å². The molecule has 0 aliphatic carbocycles. The van der Waals surface area contributed by atoms with E-state index in [0.717, 1.165) is 39.9 Å². The summed E-state index contributed by atoms with van der Waals surface area (Å²) in [5.41, 5.74) is -0.452. The number of sulfonamides is 1. The highest BCUT2D eigenvalue weighted by Gasteiger charge is 2.41. The van der Waals surface area contributed by atoms with E-state index in [2.05, 4.69) is 25.0 Å². The van der Waals surface area contributed by atoms with Crippen LogP contribution < -0.4 is 15.0 Å². The number of alkyl halides is 6.